The van der Waals surface area contributed by atoms with Gasteiger partial charge in [0.15, 0.2) is 0 Å². The zero-order chi connectivity index (χ0) is 9.40. The van der Waals surface area contributed by atoms with E-state index >= 15 is 0 Å². The largest absolute Gasteiger partial charge is 0.469 e. The summed E-state index contributed by atoms with van der Waals surface area (Å²) in [6.45, 7) is 1.85. The van der Waals surface area contributed by atoms with Crippen molar-refractivity contribution in [3.8, 4) is 0 Å². The van der Waals surface area contributed by atoms with E-state index < -0.39 is 0 Å². The number of carbonyl (C=O) groups excluding carboxylic acids is 1. The summed E-state index contributed by atoms with van der Waals surface area (Å²) in [6, 6.07) is 0. The van der Waals surface area contributed by atoms with Crippen LogP contribution in [0.2, 0.25) is 0 Å². The highest BCUT2D eigenvalue weighted by Gasteiger charge is 2.11. The van der Waals surface area contributed by atoms with E-state index in [-0.39, 0.29) is 11.9 Å². The molecule has 0 saturated carbocycles. The van der Waals surface area contributed by atoms with E-state index in [0.717, 1.165) is 11.5 Å². The first-order valence-electron chi connectivity index (χ1n) is 3.63. The van der Waals surface area contributed by atoms with Crippen molar-refractivity contribution in [2.24, 2.45) is 5.92 Å². The molecule has 0 aliphatic heterocycles. The molecule has 0 fully saturated rings. The van der Waals surface area contributed by atoms with Crippen molar-refractivity contribution in [3.05, 3.63) is 11.6 Å². The Morgan fingerprint density at radius 1 is 1.75 bits per heavy atom. The van der Waals surface area contributed by atoms with Crippen LogP contribution in [0.25, 0.3) is 0 Å². The molecule has 1 atom stereocenters. The van der Waals surface area contributed by atoms with Gasteiger partial charge in [-0.25, -0.2) is 0 Å². The van der Waals surface area contributed by atoms with Gasteiger partial charge >= 0.3 is 5.97 Å². The average molecular weight is 209 g/mol. The van der Waals surface area contributed by atoms with Gasteiger partial charge in [-0.3, -0.25) is 4.79 Å². The van der Waals surface area contributed by atoms with Crippen LogP contribution < -0.4 is 0 Å². The third kappa shape index (κ3) is 5.49. The molecule has 4 heteroatoms. The Hall–Kier alpha value is -0.150. The summed E-state index contributed by atoms with van der Waals surface area (Å²) < 4.78 is 4.57. The van der Waals surface area contributed by atoms with Crippen molar-refractivity contribution in [2.75, 3.05) is 18.6 Å². The number of halogens is 1. The minimum atomic E-state index is -0.155. The number of esters is 1. The van der Waals surface area contributed by atoms with Crippen LogP contribution in [0.15, 0.2) is 11.6 Å². The topological polar surface area (TPSA) is 26.3 Å². The molecular weight excluding hydrogens is 196 g/mol. The number of methoxy groups -OCH3 is 1. The van der Waals surface area contributed by atoms with Crippen LogP contribution in [-0.2, 0) is 9.53 Å². The van der Waals surface area contributed by atoms with Crippen LogP contribution in [0.4, 0.5) is 0 Å². The Labute approximate surface area is 82.3 Å². The Morgan fingerprint density at radius 3 is 2.92 bits per heavy atom. The Bertz CT molecular complexity index is 159. The minimum Gasteiger partial charge on any atom is -0.469 e. The number of hydrogen-bond donors (Lipinski definition) is 0. The van der Waals surface area contributed by atoms with E-state index in [4.69, 9.17) is 11.6 Å². The van der Waals surface area contributed by atoms with E-state index in [0.29, 0.717) is 0 Å². The van der Waals surface area contributed by atoms with Gasteiger partial charge in [-0.05, 0) is 0 Å². The summed E-state index contributed by atoms with van der Waals surface area (Å²) >= 11 is 6.98. The lowest BCUT2D eigenvalue weighted by Gasteiger charge is -2.06. The number of carbonyl (C=O) groups is 1. The number of ether oxygens (including phenoxy) is 1. The normalized spacial score (nSPS) is 13.2. The van der Waals surface area contributed by atoms with Gasteiger partial charge < -0.3 is 4.74 Å². The van der Waals surface area contributed by atoms with Crippen LogP contribution in [0.5, 0.6) is 0 Å². The van der Waals surface area contributed by atoms with E-state index in [9.17, 15) is 4.79 Å². The fraction of sp³-hybridized carbons (Fsp3) is 0.625. The monoisotopic (exact) mass is 208 g/mol. The summed E-state index contributed by atoms with van der Waals surface area (Å²) in [4.78, 5) is 10.9. The SMILES string of the molecule is COC(=O)C(C)CSCC=CCl. The average Bonchev–Trinajstić information content (AvgIpc) is 2.10. The van der Waals surface area contributed by atoms with E-state index in [2.05, 4.69) is 4.74 Å². The molecule has 0 amide bonds. The summed E-state index contributed by atoms with van der Waals surface area (Å²) in [5, 5.41) is 0. The molecule has 0 spiro atoms. The standard InChI is InChI=1S/C8H13ClO2S/c1-7(8(10)11-2)6-12-5-3-4-9/h3-4,7H,5-6H2,1-2H3. The molecule has 1 unspecified atom stereocenters. The molecule has 0 aromatic heterocycles. The van der Waals surface area contributed by atoms with E-state index in [1.54, 1.807) is 11.8 Å². The Balaban J connectivity index is 3.43. The van der Waals surface area contributed by atoms with Crippen LogP contribution in [0.3, 0.4) is 0 Å². The van der Waals surface area contributed by atoms with Gasteiger partial charge in [0.25, 0.3) is 0 Å². The van der Waals surface area contributed by atoms with Gasteiger partial charge in [-0.2, -0.15) is 11.8 Å². The van der Waals surface area contributed by atoms with Gasteiger partial charge in [0, 0.05) is 17.0 Å². The number of rotatable bonds is 5. The zero-order valence-corrected chi connectivity index (χ0v) is 8.82. The maximum Gasteiger partial charge on any atom is 0.309 e. The third-order valence-corrected chi connectivity index (χ3v) is 2.62. The van der Waals surface area contributed by atoms with Gasteiger partial charge in [-0.1, -0.05) is 24.6 Å². The van der Waals surface area contributed by atoms with Crippen LogP contribution in [0, 0.1) is 5.92 Å². The first kappa shape index (κ1) is 11.8. The fourth-order valence-electron chi connectivity index (χ4n) is 0.618. The summed E-state index contributed by atoms with van der Waals surface area (Å²) in [5.41, 5.74) is 1.48. The fourth-order valence-corrected chi connectivity index (χ4v) is 1.67. The molecular formula is C8H13ClO2S. The van der Waals surface area contributed by atoms with E-state index in [1.165, 1.54) is 12.6 Å². The second-order valence-electron chi connectivity index (χ2n) is 2.32. The number of hydrogen-bond acceptors (Lipinski definition) is 3. The molecule has 0 radical (unpaired) electrons. The molecule has 0 aromatic carbocycles. The van der Waals surface area contributed by atoms with Crippen LogP contribution >= 0.6 is 23.4 Å². The maximum atomic E-state index is 10.9. The highest BCUT2D eigenvalue weighted by Crippen LogP contribution is 2.09. The predicted molar refractivity (Wildman–Crippen MR) is 53.5 cm³/mol. The quantitative estimate of drug-likeness (QED) is 0.512. The molecule has 0 N–H and O–H groups in total. The number of thioether (sulfide) groups is 1. The molecule has 0 rings (SSSR count). The van der Waals surface area contributed by atoms with Crippen molar-refractivity contribution < 1.29 is 9.53 Å². The summed E-state index contributed by atoms with van der Waals surface area (Å²) in [5.74, 6) is 1.42. The van der Waals surface area contributed by atoms with Gasteiger partial charge in [0.1, 0.15) is 0 Å². The van der Waals surface area contributed by atoms with Gasteiger partial charge in [-0.15, -0.1) is 0 Å². The lowest BCUT2D eigenvalue weighted by molar-refractivity contribution is -0.143. The molecule has 0 aliphatic carbocycles. The Kier molecular flexibility index (Phi) is 7.40. The van der Waals surface area contributed by atoms with E-state index in [1.807, 2.05) is 13.0 Å². The lowest BCUT2D eigenvalue weighted by atomic mass is 10.2. The second-order valence-corrected chi connectivity index (χ2v) is 3.65. The molecule has 70 valence electrons. The van der Waals surface area contributed by atoms with Crippen LogP contribution in [-0.4, -0.2) is 24.6 Å². The highest BCUT2D eigenvalue weighted by molar-refractivity contribution is 7.99. The van der Waals surface area contributed by atoms with Crippen molar-refractivity contribution in [1.82, 2.24) is 0 Å². The second kappa shape index (κ2) is 7.50. The molecule has 12 heavy (non-hydrogen) atoms. The molecule has 0 heterocycles. The van der Waals surface area contributed by atoms with Gasteiger partial charge in [0.05, 0.1) is 13.0 Å². The molecule has 0 saturated heterocycles. The third-order valence-electron chi connectivity index (χ3n) is 1.27. The summed E-state index contributed by atoms with van der Waals surface area (Å²) in [6.07, 6.45) is 1.84. The first-order chi connectivity index (χ1) is 5.72. The van der Waals surface area contributed by atoms with Crippen LogP contribution in [0.1, 0.15) is 6.92 Å². The van der Waals surface area contributed by atoms with Crippen molar-refractivity contribution in [1.29, 1.82) is 0 Å². The molecule has 0 bridgehead atoms. The predicted octanol–water partition coefficient (Wildman–Crippen LogP) is 2.28. The summed E-state index contributed by atoms with van der Waals surface area (Å²) in [7, 11) is 1.40. The van der Waals surface area contributed by atoms with Gasteiger partial charge in [0.2, 0.25) is 0 Å². The Morgan fingerprint density at radius 2 is 2.42 bits per heavy atom. The van der Waals surface area contributed by atoms with Crippen molar-refractivity contribution in [2.45, 2.75) is 6.92 Å². The molecule has 0 aromatic rings. The molecule has 2 nitrogen and oxygen atoms in total. The minimum absolute atomic E-state index is 0.0382. The lowest BCUT2D eigenvalue weighted by Crippen LogP contribution is -2.14. The highest BCUT2D eigenvalue weighted by atomic mass is 35.5. The smallest absolute Gasteiger partial charge is 0.309 e. The maximum absolute atomic E-state index is 10.9. The zero-order valence-electron chi connectivity index (χ0n) is 7.25. The van der Waals surface area contributed by atoms with Crippen molar-refractivity contribution >= 4 is 29.3 Å². The van der Waals surface area contributed by atoms with Crippen molar-refractivity contribution in [3.63, 3.8) is 0 Å². The first-order valence-corrected chi connectivity index (χ1v) is 5.22. The molecule has 0 aliphatic rings.